The van der Waals surface area contributed by atoms with Crippen LogP contribution < -0.4 is 15.0 Å². The summed E-state index contributed by atoms with van der Waals surface area (Å²) in [5.74, 6) is 1.19. The van der Waals surface area contributed by atoms with Gasteiger partial charge in [-0.05, 0) is 45.0 Å². The monoisotopic (exact) mass is 505 g/mol. The molecule has 0 radical (unpaired) electrons. The Kier molecular flexibility index (Phi) is 5.91. The summed E-state index contributed by atoms with van der Waals surface area (Å²) in [6.07, 6.45) is 2.73. The molecule has 10 heteroatoms. The zero-order chi connectivity index (χ0) is 25.6. The summed E-state index contributed by atoms with van der Waals surface area (Å²) in [6, 6.07) is 11.9. The van der Waals surface area contributed by atoms with Crippen molar-refractivity contribution < 1.29 is 23.4 Å². The molecule has 1 N–H and O–H groups in total. The topological polar surface area (TPSA) is 103 Å². The number of ether oxygens (including phenoxy) is 3. The van der Waals surface area contributed by atoms with Crippen molar-refractivity contribution in [1.82, 2.24) is 19.9 Å². The molecule has 10 nitrogen and oxygen atoms in total. The molecule has 37 heavy (non-hydrogen) atoms. The maximum Gasteiger partial charge on any atom is 0.407 e. The van der Waals surface area contributed by atoms with E-state index >= 15 is 0 Å². The molecule has 1 aromatic carbocycles. The molecule has 4 aromatic rings. The highest BCUT2D eigenvalue weighted by Crippen LogP contribution is 2.35. The van der Waals surface area contributed by atoms with Gasteiger partial charge in [0.15, 0.2) is 11.4 Å². The number of amides is 1. The lowest BCUT2D eigenvalue weighted by molar-refractivity contribution is 0.0352. The molecule has 0 atom stereocenters. The Morgan fingerprint density at radius 2 is 1.95 bits per heavy atom. The van der Waals surface area contributed by atoms with Gasteiger partial charge in [-0.25, -0.2) is 14.3 Å². The SMILES string of the molecule is CC(C)(C)OC(=O)NC1CC(Oc2ccc3ncc(-c4cc5c(N6CCOCC6)cccc5o4)n3n2)C1. The minimum atomic E-state index is -0.518. The minimum Gasteiger partial charge on any atom is -0.473 e. The number of benzene rings is 1. The van der Waals surface area contributed by atoms with Crippen molar-refractivity contribution in [2.75, 3.05) is 31.2 Å². The second-order valence-electron chi connectivity index (χ2n) is 10.5. The van der Waals surface area contributed by atoms with E-state index in [1.54, 1.807) is 10.7 Å². The first kappa shape index (κ1) is 23.6. The summed E-state index contributed by atoms with van der Waals surface area (Å²) in [7, 11) is 0. The van der Waals surface area contributed by atoms with Gasteiger partial charge in [0.2, 0.25) is 5.88 Å². The van der Waals surface area contributed by atoms with Crippen LogP contribution in [0.3, 0.4) is 0 Å². The molecule has 1 aliphatic carbocycles. The van der Waals surface area contributed by atoms with Crippen LogP contribution in [0.15, 0.2) is 47.0 Å². The highest BCUT2D eigenvalue weighted by Gasteiger charge is 2.33. The maximum atomic E-state index is 12.0. The molecule has 2 aliphatic rings. The average Bonchev–Trinajstić information content (AvgIpc) is 3.45. The van der Waals surface area contributed by atoms with Crippen LogP contribution in [0.2, 0.25) is 0 Å². The lowest BCUT2D eigenvalue weighted by Crippen LogP contribution is -2.50. The Bertz CT molecular complexity index is 1430. The number of anilines is 1. The van der Waals surface area contributed by atoms with Gasteiger partial charge in [0, 0.05) is 49.1 Å². The Hall–Kier alpha value is -3.79. The normalized spacial score (nSPS) is 20.1. The molecule has 1 aliphatic heterocycles. The van der Waals surface area contributed by atoms with E-state index in [0.717, 1.165) is 48.7 Å². The minimum absolute atomic E-state index is 0.0286. The molecule has 0 bridgehead atoms. The molecular weight excluding hydrogens is 474 g/mol. The van der Waals surface area contributed by atoms with Crippen molar-refractivity contribution in [3.63, 3.8) is 0 Å². The standard InChI is InChI=1S/C27H31N5O5/c1-27(2,3)37-26(33)29-17-13-18(14-17)35-25-8-7-24-28-16-21(32(24)30-25)23-15-19-20(5-4-6-22(19)36-23)31-9-11-34-12-10-31/h4-8,15-18H,9-14H2,1-3H3,(H,29,33). The van der Waals surface area contributed by atoms with E-state index < -0.39 is 11.7 Å². The third kappa shape index (κ3) is 4.93. The van der Waals surface area contributed by atoms with Gasteiger partial charge in [-0.2, -0.15) is 0 Å². The van der Waals surface area contributed by atoms with E-state index in [9.17, 15) is 4.79 Å². The van der Waals surface area contributed by atoms with E-state index in [0.29, 0.717) is 30.1 Å². The number of fused-ring (bicyclic) bond motifs is 2. The fourth-order valence-corrected chi connectivity index (χ4v) is 4.76. The van der Waals surface area contributed by atoms with Gasteiger partial charge in [0.1, 0.15) is 23.0 Å². The van der Waals surface area contributed by atoms with Crippen LogP contribution in [-0.2, 0) is 9.47 Å². The zero-order valence-electron chi connectivity index (χ0n) is 21.3. The van der Waals surface area contributed by atoms with E-state index in [2.05, 4.69) is 32.4 Å². The van der Waals surface area contributed by atoms with Crippen LogP contribution in [0.25, 0.3) is 28.1 Å². The lowest BCUT2D eigenvalue weighted by Gasteiger charge is -2.35. The van der Waals surface area contributed by atoms with Gasteiger partial charge in [-0.15, -0.1) is 5.10 Å². The number of carbonyl (C=O) groups excluding carboxylic acids is 1. The van der Waals surface area contributed by atoms with Gasteiger partial charge in [-0.3, -0.25) is 0 Å². The summed E-state index contributed by atoms with van der Waals surface area (Å²) >= 11 is 0. The molecule has 1 saturated heterocycles. The zero-order valence-corrected chi connectivity index (χ0v) is 21.3. The summed E-state index contributed by atoms with van der Waals surface area (Å²) < 4.78 is 24.9. The second-order valence-corrected chi connectivity index (χ2v) is 10.5. The lowest BCUT2D eigenvalue weighted by atomic mass is 9.89. The predicted molar refractivity (Wildman–Crippen MR) is 138 cm³/mol. The molecule has 6 rings (SSSR count). The van der Waals surface area contributed by atoms with Crippen molar-refractivity contribution in [2.45, 2.75) is 51.4 Å². The molecule has 1 saturated carbocycles. The van der Waals surface area contributed by atoms with Crippen molar-refractivity contribution >= 4 is 28.4 Å². The molecule has 2 fully saturated rings. The first-order chi connectivity index (χ1) is 17.8. The fourth-order valence-electron chi connectivity index (χ4n) is 4.76. The van der Waals surface area contributed by atoms with Gasteiger partial charge >= 0.3 is 6.09 Å². The van der Waals surface area contributed by atoms with Crippen LogP contribution in [0.4, 0.5) is 10.5 Å². The molecule has 194 valence electrons. The number of hydrogen-bond donors (Lipinski definition) is 1. The number of nitrogens with zero attached hydrogens (tertiary/aromatic N) is 4. The number of imidazole rings is 1. The van der Waals surface area contributed by atoms with Gasteiger partial charge in [0.05, 0.1) is 19.4 Å². The molecule has 4 heterocycles. The molecule has 3 aromatic heterocycles. The molecule has 1 amide bonds. The van der Waals surface area contributed by atoms with Crippen LogP contribution in [-0.4, -0.2) is 64.7 Å². The number of alkyl carbamates (subject to hydrolysis) is 1. The van der Waals surface area contributed by atoms with Crippen molar-refractivity contribution in [2.24, 2.45) is 0 Å². The highest BCUT2D eigenvalue weighted by molar-refractivity contribution is 5.94. The number of carbonyl (C=O) groups is 1. The van der Waals surface area contributed by atoms with Crippen LogP contribution >= 0.6 is 0 Å². The Balaban J connectivity index is 1.18. The first-order valence-corrected chi connectivity index (χ1v) is 12.7. The van der Waals surface area contributed by atoms with E-state index in [1.807, 2.05) is 45.0 Å². The van der Waals surface area contributed by atoms with Crippen molar-refractivity contribution in [3.05, 3.63) is 42.6 Å². The van der Waals surface area contributed by atoms with Gasteiger partial charge in [0.25, 0.3) is 0 Å². The van der Waals surface area contributed by atoms with Crippen LogP contribution in [0.1, 0.15) is 33.6 Å². The summed E-state index contributed by atoms with van der Waals surface area (Å²) in [4.78, 5) is 18.8. The predicted octanol–water partition coefficient (Wildman–Crippen LogP) is 4.41. The number of aromatic nitrogens is 3. The molecular formula is C27H31N5O5. The third-order valence-corrected chi connectivity index (χ3v) is 6.58. The molecule has 0 spiro atoms. The Morgan fingerprint density at radius 1 is 1.14 bits per heavy atom. The average molecular weight is 506 g/mol. The molecule has 0 unspecified atom stereocenters. The largest absolute Gasteiger partial charge is 0.473 e. The van der Waals surface area contributed by atoms with Gasteiger partial charge < -0.3 is 28.8 Å². The maximum absolute atomic E-state index is 12.0. The van der Waals surface area contributed by atoms with E-state index in [-0.39, 0.29) is 12.1 Å². The Labute approximate surface area is 214 Å². The van der Waals surface area contributed by atoms with Crippen molar-refractivity contribution in [3.8, 4) is 17.3 Å². The summed E-state index contributed by atoms with van der Waals surface area (Å²) in [6.45, 7) is 8.69. The fraction of sp³-hybridized carbons (Fsp3) is 0.444. The quantitative estimate of drug-likeness (QED) is 0.425. The Morgan fingerprint density at radius 3 is 2.73 bits per heavy atom. The first-order valence-electron chi connectivity index (χ1n) is 12.7. The van der Waals surface area contributed by atoms with Crippen molar-refractivity contribution in [1.29, 1.82) is 0 Å². The summed E-state index contributed by atoms with van der Waals surface area (Å²) in [5, 5.41) is 8.62. The van der Waals surface area contributed by atoms with Crippen LogP contribution in [0, 0.1) is 0 Å². The van der Waals surface area contributed by atoms with E-state index in [4.69, 9.17) is 18.6 Å². The smallest absolute Gasteiger partial charge is 0.407 e. The number of hydrogen-bond acceptors (Lipinski definition) is 8. The van der Waals surface area contributed by atoms with E-state index in [1.165, 1.54) is 0 Å². The highest BCUT2D eigenvalue weighted by atomic mass is 16.6. The van der Waals surface area contributed by atoms with Crippen LogP contribution in [0.5, 0.6) is 5.88 Å². The summed E-state index contributed by atoms with van der Waals surface area (Å²) in [5.41, 5.74) is 2.90. The number of furan rings is 1. The second kappa shape index (κ2) is 9.26. The number of morpholine rings is 1. The van der Waals surface area contributed by atoms with Gasteiger partial charge in [-0.1, -0.05) is 6.07 Å². The third-order valence-electron chi connectivity index (χ3n) is 6.58. The number of nitrogens with one attached hydrogen (secondary N) is 1. The number of rotatable bonds is 5.